The SMILES string of the molecule is CSCC[C@@H](NS(=O)(=O)c1ccc(N=Nc2ccc(N(C)C)cc2)cc1)C(=O)O. The Kier molecular flexibility index (Phi) is 8.18. The first kappa shape index (κ1) is 22.9. The molecule has 2 aromatic rings. The van der Waals surface area contributed by atoms with Crippen molar-refractivity contribution >= 4 is 44.8 Å². The number of carboxylic acid groups (broad SMARTS) is 1. The zero-order valence-corrected chi connectivity index (χ0v) is 18.1. The van der Waals surface area contributed by atoms with E-state index in [1.807, 2.05) is 49.5 Å². The van der Waals surface area contributed by atoms with Crippen LogP contribution in [0.1, 0.15) is 6.42 Å². The van der Waals surface area contributed by atoms with Crippen LogP contribution < -0.4 is 9.62 Å². The van der Waals surface area contributed by atoms with Gasteiger partial charge in [-0.1, -0.05) is 0 Å². The van der Waals surface area contributed by atoms with Gasteiger partial charge < -0.3 is 10.0 Å². The summed E-state index contributed by atoms with van der Waals surface area (Å²) in [7, 11) is -0.0551. The Morgan fingerprint density at radius 1 is 1.07 bits per heavy atom. The van der Waals surface area contributed by atoms with Crippen LogP contribution in [-0.2, 0) is 14.8 Å². The van der Waals surface area contributed by atoms with Crippen molar-refractivity contribution in [2.45, 2.75) is 17.4 Å². The summed E-state index contributed by atoms with van der Waals surface area (Å²) >= 11 is 1.45. The van der Waals surface area contributed by atoms with Crippen molar-refractivity contribution in [2.24, 2.45) is 10.2 Å². The average Bonchev–Trinajstić information content (AvgIpc) is 2.70. The third-order valence-electron chi connectivity index (χ3n) is 4.00. The monoisotopic (exact) mass is 436 g/mol. The van der Waals surface area contributed by atoms with Crippen LogP contribution in [0.3, 0.4) is 0 Å². The summed E-state index contributed by atoms with van der Waals surface area (Å²) in [5.74, 6) is -0.665. The minimum absolute atomic E-state index is 0.0258. The molecule has 0 bridgehead atoms. The molecule has 8 nitrogen and oxygen atoms in total. The molecular formula is C19H24N4O4S2. The maximum Gasteiger partial charge on any atom is 0.321 e. The highest BCUT2D eigenvalue weighted by atomic mass is 32.2. The largest absolute Gasteiger partial charge is 0.480 e. The van der Waals surface area contributed by atoms with Gasteiger partial charge in [0, 0.05) is 19.8 Å². The molecule has 0 saturated carbocycles. The number of carbonyl (C=O) groups is 1. The van der Waals surface area contributed by atoms with E-state index in [1.165, 1.54) is 36.0 Å². The first-order chi connectivity index (χ1) is 13.7. The van der Waals surface area contributed by atoms with Crippen molar-refractivity contribution in [3.63, 3.8) is 0 Å². The molecule has 0 heterocycles. The summed E-state index contributed by atoms with van der Waals surface area (Å²) in [4.78, 5) is 13.2. The molecule has 2 N–H and O–H groups in total. The fourth-order valence-electron chi connectivity index (χ4n) is 2.35. The molecule has 0 fully saturated rings. The van der Waals surface area contributed by atoms with Crippen LogP contribution in [0.5, 0.6) is 0 Å². The number of benzene rings is 2. The van der Waals surface area contributed by atoms with Crippen molar-refractivity contribution in [3.05, 3.63) is 48.5 Å². The Hall–Kier alpha value is -2.43. The summed E-state index contributed by atoms with van der Waals surface area (Å²) in [5.41, 5.74) is 2.20. The van der Waals surface area contributed by atoms with E-state index < -0.39 is 22.0 Å². The van der Waals surface area contributed by atoms with Crippen LogP contribution in [0, 0.1) is 0 Å². The van der Waals surface area contributed by atoms with E-state index in [4.69, 9.17) is 0 Å². The van der Waals surface area contributed by atoms with Gasteiger partial charge in [-0.15, -0.1) is 0 Å². The number of rotatable bonds is 10. The predicted octanol–water partition coefficient (Wildman–Crippen LogP) is 3.65. The maximum atomic E-state index is 12.4. The van der Waals surface area contributed by atoms with Gasteiger partial charge in [-0.05, 0) is 67.0 Å². The first-order valence-corrected chi connectivity index (χ1v) is 11.6. The molecule has 0 aliphatic carbocycles. The summed E-state index contributed by atoms with van der Waals surface area (Å²) < 4.78 is 27.1. The minimum atomic E-state index is -3.95. The number of carboxylic acids is 1. The van der Waals surface area contributed by atoms with Gasteiger partial charge in [-0.3, -0.25) is 4.79 Å². The van der Waals surface area contributed by atoms with E-state index in [0.29, 0.717) is 17.1 Å². The number of azo groups is 1. The van der Waals surface area contributed by atoms with Gasteiger partial charge in [0.15, 0.2) is 0 Å². The van der Waals surface area contributed by atoms with Gasteiger partial charge in [-0.25, -0.2) is 8.42 Å². The fourth-order valence-corrected chi connectivity index (χ4v) is 4.04. The van der Waals surface area contributed by atoms with Crippen LogP contribution in [0.2, 0.25) is 0 Å². The van der Waals surface area contributed by atoms with E-state index in [2.05, 4.69) is 15.0 Å². The van der Waals surface area contributed by atoms with Crippen molar-refractivity contribution in [2.75, 3.05) is 31.0 Å². The summed E-state index contributed by atoms with van der Waals surface area (Å²) in [5, 5.41) is 17.5. The van der Waals surface area contributed by atoms with Gasteiger partial charge in [0.05, 0.1) is 16.3 Å². The lowest BCUT2D eigenvalue weighted by Crippen LogP contribution is -2.41. The molecule has 156 valence electrons. The summed E-state index contributed by atoms with van der Waals surface area (Å²) in [6.45, 7) is 0. The molecule has 10 heteroatoms. The highest BCUT2D eigenvalue weighted by Crippen LogP contribution is 2.22. The lowest BCUT2D eigenvalue weighted by Gasteiger charge is -2.14. The lowest BCUT2D eigenvalue weighted by atomic mass is 10.2. The molecule has 0 unspecified atom stereocenters. The van der Waals surface area contributed by atoms with E-state index in [9.17, 15) is 18.3 Å². The van der Waals surface area contributed by atoms with Crippen molar-refractivity contribution in [1.82, 2.24) is 4.72 Å². The second-order valence-electron chi connectivity index (χ2n) is 6.40. The van der Waals surface area contributed by atoms with Crippen molar-refractivity contribution in [1.29, 1.82) is 0 Å². The zero-order chi connectivity index (χ0) is 21.4. The van der Waals surface area contributed by atoms with E-state index in [0.717, 1.165) is 5.69 Å². The second-order valence-corrected chi connectivity index (χ2v) is 9.10. The zero-order valence-electron chi connectivity index (χ0n) is 16.4. The maximum absolute atomic E-state index is 12.4. The second kappa shape index (κ2) is 10.4. The summed E-state index contributed by atoms with van der Waals surface area (Å²) in [6.07, 6.45) is 2.03. The smallest absolute Gasteiger partial charge is 0.321 e. The predicted molar refractivity (Wildman–Crippen MR) is 116 cm³/mol. The Morgan fingerprint density at radius 2 is 1.59 bits per heavy atom. The number of anilines is 1. The molecule has 2 aromatic carbocycles. The van der Waals surface area contributed by atoms with Gasteiger partial charge in [-0.2, -0.15) is 26.7 Å². The lowest BCUT2D eigenvalue weighted by molar-refractivity contribution is -0.139. The summed E-state index contributed by atoms with van der Waals surface area (Å²) in [6, 6.07) is 12.1. The van der Waals surface area contributed by atoms with Gasteiger partial charge in [0.25, 0.3) is 0 Å². The Morgan fingerprint density at radius 3 is 2.03 bits per heavy atom. The average molecular weight is 437 g/mol. The van der Waals surface area contributed by atoms with Gasteiger partial charge in [0.1, 0.15) is 6.04 Å². The number of nitrogens with zero attached hydrogens (tertiary/aromatic N) is 3. The molecule has 0 saturated heterocycles. The molecule has 0 aliphatic heterocycles. The number of nitrogens with one attached hydrogen (secondary N) is 1. The minimum Gasteiger partial charge on any atom is -0.480 e. The highest BCUT2D eigenvalue weighted by Gasteiger charge is 2.24. The molecular weight excluding hydrogens is 412 g/mol. The van der Waals surface area contributed by atoms with E-state index in [-0.39, 0.29) is 11.3 Å². The third kappa shape index (κ3) is 6.84. The highest BCUT2D eigenvalue weighted by molar-refractivity contribution is 7.98. The molecule has 0 radical (unpaired) electrons. The molecule has 2 rings (SSSR count). The Bertz CT molecular complexity index is 943. The number of aliphatic carboxylic acids is 1. The topological polar surface area (TPSA) is 111 Å². The normalized spacial score (nSPS) is 12.8. The first-order valence-electron chi connectivity index (χ1n) is 8.76. The fraction of sp³-hybridized carbons (Fsp3) is 0.316. The van der Waals surface area contributed by atoms with Crippen LogP contribution in [-0.4, -0.2) is 51.6 Å². The Balaban J connectivity index is 2.09. The number of thioether (sulfide) groups is 1. The molecule has 0 aromatic heterocycles. The number of hydrogen-bond acceptors (Lipinski definition) is 7. The molecule has 29 heavy (non-hydrogen) atoms. The quantitative estimate of drug-likeness (QED) is 0.550. The third-order valence-corrected chi connectivity index (χ3v) is 6.13. The van der Waals surface area contributed by atoms with Crippen molar-refractivity contribution in [3.8, 4) is 0 Å². The molecule has 0 aliphatic rings. The van der Waals surface area contributed by atoms with Crippen molar-refractivity contribution < 1.29 is 18.3 Å². The molecule has 0 amide bonds. The van der Waals surface area contributed by atoms with Crippen LogP contribution in [0.15, 0.2) is 63.7 Å². The number of sulfonamides is 1. The number of hydrogen-bond donors (Lipinski definition) is 2. The standard InChI is InChI=1S/C19H24N4O4S2/c1-23(2)16-8-4-14(5-9-16)20-21-15-6-10-17(11-7-15)29(26,27)22-18(19(24)25)12-13-28-3/h4-11,18,22H,12-13H2,1-3H3,(H,24,25)/t18-/m1/s1. The Labute approximate surface area is 175 Å². The van der Waals surface area contributed by atoms with Crippen LogP contribution in [0.25, 0.3) is 0 Å². The van der Waals surface area contributed by atoms with Crippen LogP contribution in [0.4, 0.5) is 17.1 Å². The molecule has 1 atom stereocenters. The van der Waals surface area contributed by atoms with E-state index >= 15 is 0 Å². The van der Waals surface area contributed by atoms with Gasteiger partial charge >= 0.3 is 5.97 Å². The van der Waals surface area contributed by atoms with E-state index in [1.54, 1.807) is 0 Å². The van der Waals surface area contributed by atoms with Crippen LogP contribution >= 0.6 is 11.8 Å². The molecule has 0 spiro atoms. The van der Waals surface area contributed by atoms with Gasteiger partial charge in [0.2, 0.25) is 10.0 Å².